The summed E-state index contributed by atoms with van der Waals surface area (Å²) in [5.41, 5.74) is 1.00. The fourth-order valence-electron chi connectivity index (χ4n) is 2.49. The van der Waals surface area contributed by atoms with Crippen LogP contribution < -0.4 is 15.4 Å². The van der Waals surface area contributed by atoms with Gasteiger partial charge in [-0.15, -0.1) is 0 Å². The van der Waals surface area contributed by atoms with Gasteiger partial charge in [-0.05, 0) is 43.7 Å². The summed E-state index contributed by atoms with van der Waals surface area (Å²) in [6.07, 6.45) is -0.831. The zero-order valence-electron chi connectivity index (χ0n) is 16.3. The van der Waals surface area contributed by atoms with Crippen LogP contribution in [-0.2, 0) is 0 Å². The quantitative estimate of drug-likeness (QED) is 0.248. The van der Waals surface area contributed by atoms with E-state index in [1.807, 2.05) is 38.1 Å². The Morgan fingerprint density at radius 2 is 2.03 bits per heavy atom. The Morgan fingerprint density at radius 1 is 1.31 bits per heavy atom. The summed E-state index contributed by atoms with van der Waals surface area (Å²) in [5, 5.41) is 27.9. The number of hydrogen-bond acceptors (Lipinski definition) is 5. The molecule has 0 aliphatic heterocycles. The first-order chi connectivity index (χ1) is 13.9. The molecular weight excluding hydrogens is 396 g/mol. The number of ether oxygens (including phenoxy) is 1. The van der Waals surface area contributed by atoms with Crippen molar-refractivity contribution in [2.24, 2.45) is 4.99 Å². The molecule has 0 aromatic heterocycles. The second-order valence-corrected chi connectivity index (χ2v) is 6.79. The molecule has 29 heavy (non-hydrogen) atoms. The number of hydrogen-bond donors (Lipinski definition) is 3. The van der Waals surface area contributed by atoms with Gasteiger partial charge in [0.2, 0.25) is 0 Å². The second kappa shape index (κ2) is 11.2. The molecule has 0 radical (unpaired) electrons. The zero-order chi connectivity index (χ0) is 21.2. The fourth-order valence-corrected chi connectivity index (χ4v) is 2.69. The monoisotopic (exact) mass is 420 g/mol. The van der Waals surface area contributed by atoms with Gasteiger partial charge in [0, 0.05) is 23.7 Å². The van der Waals surface area contributed by atoms with Gasteiger partial charge in [-0.3, -0.25) is 15.1 Å². The van der Waals surface area contributed by atoms with Crippen LogP contribution in [0, 0.1) is 10.1 Å². The highest BCUT2D eigenvalue weighted by Crippen LogP contribution is 2.18. The lowest BCUT2D eigenvalue weighted by Gasteiger charge is -2.19. The summed E-state index contributed by atoms with van der Waals surface area (Å²) in [5.74, 6) is 1.01. The Bertz CT molecular complexity index is 829. The third-order valence-electron chi connectivity index (χ3n) is 4.00. The Labute approximate surface area is 174 Å². The molecule has 0 aliphatic rings. The Kier molecular flexibility index (Phi) is 8.69. The average molecular weight is 421 g/mol. The minimum atomic E-state index is -0.831. The molecule has 0 spiro atoms. The van der Waals surface area contributed by atoms with Crippen LogP contribution in [0.25, 0.3) is 0 Å². The van der Waals surface area contributed by atoms with Gasteiger partial charge in [-0.1, -0.05) is 23.7 Å². The van der Waals surface area contributed by atoms with Crippen LogP contribution in [0.2, 0.25) is 5.02 Å². The minimum Gasteiger partial charge on any atom is -0.491 e. The van der Waals surface area contributed by atoms with Crippen LogP contribution in [0.15, 0.2) is 53.5 Å². The molecule has 3 N–H and O–H groups in total. The van der Waals surface area contributed by atoms with E-state index in [9.17, 15) is 15.2 Å². The smallest absolute Gasteiger partial charge is 0.269 e. The molecule has 156 valence electrons. The SMILES string of the molecule is CCNC(=NCC(O)COc1ccc([N+](=O)[O-])cc1)NC(C)c1cccc(Cl)c1. The number of nitro benzene ring substituents is 1. The third-order valence-corrected chi connectivity index (χ3v) is 4.23. The molecule has 2 rings (SSSR count). The number of nitrogens with zero attached hydrogens (tertiary/aromatic N) is 2. The number of rotatable bonds is 9. The van der Waals surface area contributed by atoms with Crippen LogP contribution in [0.5, 0.6) is 5.75 Å². The van der Waals surface area contributed by atoms with Crippen LogP contribution >= 0.6 is 11.6 Å². The Morgan fingerprint density at radius 3 is 2.66 bits per heavy atom. The Hall–Kier alpha value is -2.84. The van der Waals surface area contributed by atoms with Gasteiger partial charge in [0.05, 0.1) is 17.5 Å². The van der Waals surface area contributed by atoms with Gasteiger partial charge in [0.15, 0.2) is 5.96 Å². The molecular formula is C20H25ClN4O4. The molecule has 0 fully saturated rings. The highest BCUT2D eigenvalue weighted by atomic mass is 35.5. The fraction of sp³-hybridized carbons (Fsp3) is 0.350. The van der Waals surface area contributed by atoms with Gasteiger partial charge in [-0.25, -0.2) is 0 Å². The van der Waals surface area contributed by atoms with Crippen molar-refractivity contribution in [1.82, 2.24) is 10.6 Å². The molecule has 2 atom stereocenters. The number of nitro groups is 1. The van der Waals surface area contributed by atoms with E-state index in [1.165, 1.54) is 24.3 Å². The number of aliphatic imine (C=N–C) groups is 1. The molecule has 2 aromatic rings. The standard InChI is InChI=1S/C20H25ClN4O4/c1-3-22-20(24-14(2)15-5-4-6-16(21)11-15)23-12-18(26)13-29-19-9-7-17(8-10-19)25(27)28/h4-11,14,18,26H,3,12-13H2,1-2H3,(H2,22,23,24). The van der Waals surface area contributed by atoms with Gasteiger partial charge in [-0.2, -0.15) is 0 Å². The second-order valence-electron chi connectivity index (χ2n) is 6.36. The van der Waals surface area contributed by atoms with Crippen molar-refractivity contribution >= 4 is 23.2 Å². The normalized spacial score (nSPS) is 13.4. The highest BCUT2D eigenvalue weighted by Gasteiger charge is 2.11. The van der Waals surface area contributed by atoms with E-state index < -0.39 is 11.0 Å². The zero-order valence-corrected chi connectivity index (χ0v) is 17.1. The van der Waals surface area contributed by atoms with Crippen LogP contribution in [0.4, 0.5) is 5.69 Å². The summed E-state index contributed by atoms with van der Waals surface area (Å²) in [6, 6.07) is 13.2. The van der Waals surface area contributed by atoms with E-state index >= 15 is 0 Å². The van der Waals surface area contributed by atoms with Crippen molar-refractivity contribution < 1.29 is 14.8 Å². The molecule has 0 saturated heterocycles. The van der Waals surface area contributed by atoms with Gasteiger partial charge >= 0.3 is 0 Å². The number of aliphatic hydroxyl groups is 1. The lowest BCUT2D eigenvalue weighted by atomic mass is 10.1. The number of aliphatic hydroxyl groups excluding tert-OH is 1. The number of halogens is 1. The summed E-state index contributed by atoms with van der Waals surface area (Å²) in [7, 11) is 0. The number of non-ortho nitro benzene ring substituents is 1. The van der Waals surface area contributed by atoms with Crippen molar-refractivity contribution in [2.75, 3.05) is 19.7 Å². The molecule has 2 aromatic carbocycles. The van der Waals surface area contributed by atoms with Crippen LogP contribution in [0.3, 0.4) is 0 Å². The maximum absolute atomic E-state index is 10.7. The van der Waals surface area contributed by atoms with Crippen molar-refractivity contribution in [1.29, 1.82) is 0 Å². The summed E-state index contributed by atoms with van der Waals surface area (Å²) in [6.45, 7) is 4.76. The van der Waals surface area contributed by atoms with E-state index in [2.05, 4.69) is 15.6 Å². The summed E-state index contributed by atoms with van der Waals surface area (Å²) >= 11 is 6.04. The number of benzene rings is 2. The number of nitrogens with one attached hydrogen (secondary N) is 2. The molecule has 2 unspecified atom stereocenters. The van der Waals surface area contributed by atoms with Crippen LogP contribution in [0.1, 0.15) is 25.5 Å². The van der Waals surface area contributed by atoms with Gasteiger partial charge in [0.25, 0.3) is 5.69 Å². The van der Waals surface area contributed by atoms with E-state index in [4.69, 9.17) is 16.3 Å². The topological polar surface area (TPSA) is 109 Å². The molecule has 0 heterocycles. The van der Waals surface area contributed by atoms with Gasteiger partial charge < -0.3 is 20.5 Å². The lowest BCUT2D eigenvalue weighted by Crippen LogP contribution is -2.39. The number of guanidine groups is 1. The van der Waals surface area contributed by atoms with Crippen LogP contribution in [-0.4, -0.2) is 41.8 Å². The predicted octanol–water partition coefficient (Wildman–Crippen LogP) is 3.30. The van der Waals surface area contributed by atoms with Crippen molar-refractivity contribution in [3.63, 3.8) is 0 Å². The van der Waals surface area contributed by atoms with E-state index in [1.54, 1.807) is 0 Å². The van der Waals surface area contributed by atoms with E-state index in [0.29, 0.717) is 23.3 Å². The molecule has 0 aliphatic carbocycles. The first-order valence-electron chi connectivity index (χ1n) is 9.24. The molecule has 0 bridgehead atoms. The van der Waals surface area contributed by atoms with Gasteiger partial charge in [0.1, 0.15) is 18.5 Å². The molecule has 0 amide bonds. The molecule has 8 nitrogen and oxygen atoms in total. The first kappa shape index (κ1) is 22.4. The Balaban J connectivity index is 1.88. The minimum absolute atomic E-state index is 0.0160. The first-order valence-corrected chi connectivity index (χ1v) is 9.62. The highest BCUT2D eigenvalue weighted by molar-refractivity contribution is 6.30. The third kappa shape index (κ3) is 7.59. The maximum atomic E-state index is 10.7. The predicted molar refractivity (Wildman–Crippen MR) is 114 cm³/mol. The van der Waals surface area contributed by atoms with E-state index in [-0.39, 0.29) is 24.9 Å². The molecule has 0 saturated carbocycles. The van der Waals surface area contributed by atoms with E-state index in [0.717, 1.165) is 5.56 Å². The summed E-state index contributed by atoms with van der Waals surface area (Å²) < 4.78 is 5.46. The lowest BCUT2D eigenvalue weighted by molar-refractivity contribution is -0.384. The molecule has 9 heteroatoms. The average Bonchev–Trinajstić information content (AvgIpc) is 2.70. The van der Waals surface area contributed by atoms with Crippen molar-refractivity contribution in [3.8, 4) is 5.75 Å². The van der Waals surface area contributed by atoms with Crippen molar-refractivity contribution in [3.05, 3.63) is 69.2 Å². The maximum Gasteiger partial charge on any atom is 0.269 e. The van der Waals surface area contributed by atoms with Crippen molar-refractivity contribution in [2.45, 2.75) is 26.0 Å². The largest absolute Gasteiger partial charge is 0.491 e. The summed E-state index contributed by atoms with van der Waals surface area (Å²) in [4.78, 5) is 14.6.